The van der Waals surface area contributed by atoms with Crippen molar-refractivity contribution in [1.82, 2.24) is 15.5 Å². The smallest absolute Gasteiger partial charge is 0.237 e. The molecule has 0 aromatic heterocycles. The summed E-state index contributed by atoms with van der Waals surface area (Å²) in [6.07, 6.45) is 3.55. The zero-order valence-electron chi connectivity index (χ0n) is 15.3. The number of carbonyl (C=O) groups excluding carboxylic acids is 1. The summed E-state index contributed by atoms with van der Waals surface area (Å²) in [6.45, 7) is 6.97. The number of benzene rings is 1. The van der Waals surface area contributed by atoms with Crippen LogP contribution in [0, 0.1) is 5.92 Å². The maximum atomic E-state index is 12.6. The Labute approximate surface area is 161 Å². The van der Waals surface area contributed by atoms with Gasteiger partial charge in [-0.15, -0.1) is 0 Å². The first-order valence-corrected chi connectivity index (χ1v) is 9.82. The summed E-state index contributed by atoms with van der Waals surface area (Å²) in [5.41, 5.74) is 0.886. The lowest BCUT2D eigenvalue weighted by atomic mass is 9.92. The molecule has 0 spiro atoms. The van der Waals surface area contributed by atoms with Gasteiger partial charge in [-0.2, -0.15) is 0 Å². The van der Waals surface area contributed by atoms with E-state index in [9.17, 15) is 4.79 Å². The van der Waals surface area contributed by atoms with E-state index in [2.05, 4.69) is 15.5 Å². The van der Waals surface area contributed by atoms with Gasteiger partial charge < -0.3 is 10.6 Å². The highest BCUT2D eigenvalue weighted by molar-refractivity contribution is 6.35. The van der Waals surface area contributed by atoms with Crippen LogP contribution in [0.1, 0.15) is 44.7 Å². The highest BCUT2D eigenvalue weighted by atomic mass is 35.5. The van der Waals surface area contributed by atoms with E-state index in [1.807, 2.05) is 27.0 Å². The Kier molecular flexibility index (Phi) is 8.01. The second-order valence-corrected chi connectivity index (χ2v) is 7.79. The molecule has 1 aliphatic rings. The third-order valence-electron chi connectivity index (χ3n) is 5.17. The van der Waals surface area contributed by atoms with Crippen LogP contribution in [0.5, 0.6) is 0 Å². The number of nitrogens with zero attached hydrogens (tertiary/aromatic N) is 1. The quantitative estimate of drug-likeness (QED) is 0.748. The predicted octanol–water partition coefficient (Wildman–Crippen LogP) is 3.88. The average Bonchev–Trinajstić information content (AvgIpc) is 2.59. The maximum absolute atomic E-state index is 12.6. The van der Waals surface area contributed by atoms with Gasteiger partial charge in [-0.25, -0.2) is 0 Å². The van der Waals surface area contributed by atoms with E-state index < -0.39 is 0 Å². The highest BCUT2D eigenvalue weighted by Crippen LogP contribution is 2.26. The zero-order chi connectivity index (χ0) is 18.4. The lowest BCUT2D eigenvalue weighted by Crippen LogP contribution is -2.48. The van der Waals surface area contributed by atoms with E-state index in [4.69, 9.17) is 23.2 Å². The van der Waals surface area contributed by atoms with Gasteiger partial charge >= 0.3 is 0 Å². The topological polar surface area (TPSA) is 44.4 Å². The summed E-state index contributed by atoms with van der Waals surface area (Å²) in [4.78, 5) is 14.9. The van der Waals surface area contributed by atoms with Crippen LogP contribution in [0.25, 0.3) is 0 Å². The molecule has 0 aliphatic carbocycles. The Bertz CT molecular complexity index is 574. The summed E-state index contributed by atoms with van der Waals surface area (Å²) in [5.74, 6) is 0.818. The molecule has 2 atom stereocenters. The van der Waals surface area contributed by atoms with Crippen LogP contribution in [-0.2, 0) is 4.79 Å². The molecule has 2 N–H and O–H groups in total. The van der Waals surface area contributed by atoms with Gasteiger partial charge in [0.05, 0.1) is 12.1 Å². The largest absolute Gasteiger partial charge is 0.348 e. The van der Waals surface area contributed by atoms with Crippen molar-refractivity contribution in [2.45, 2.75) is 45.2 Å². The Morgan fingerprint density at radius 1 is 1.28 bits per heavy atom. The van der Waals surface area contributed by atoms with E-state index in [0.29, 0.717) is 10.0 Å². The van der Waals surface area contributed by atoms with Gasteiger partial charge in [-0.1, -0.05) is 29.3 Å². The molecule has 2 rings (SSSR count). The molecule has 2 unspecified atom stereocenters. The molecule has 0 saturated carbocycles. The van der Waals surface area contributed by atoms with Gasteiger partial charge in [0, 0.05) is 10.0 Å². The number of nitrogens with one attached hydrogen (secondary N) is 2. The van der Waals surface area contributed by atoms with Crippen LogP contribution < -0.4 is 10.6 Å². The first kappa shape index (κ1) is 20.5. The molecular formula is C19H29Cl2N3O. The minimum Gasteiger partial charge on any atom is -0.348 e. The monoisotopic (exact) mass is 385 g/mol. The maximum Gasteiger partial charge on any atom is 0.237 e. The molecule has 1 heterocycles. The van der Waals surface area contributed by atoms with Gasteiger partial charge in [0.2, 0.25) is 5.91 Å². The van der Waals surface area contributed by atoms with Crippen molar-refractivity contribution >= 4 is 29.1 Å². The van der Waals surface area contributed by atoms with Crippen LogP contribution in [-0.4, -0.2) is 43.5 Å². The molecular weight excluding hydrogens is 357 g/mol. The number of halogens is 2. The molecule has 1 aliphatic heterocycles. The zero-order valence-corrected chi connectivity index (χ0v) is 16.8. The summed E-state index contributed by atoms with van der Waals surface area (Å²) in [6, 6.07) is 5.10. The first-order valence-electron chi connectivity index (χ1n) is 9.06. The van der Waals surface area contributed by atoms with E-state index in [1.165, 1.54) is 6.42 Å². The second-order valence-electron chi connectivity index (χ2n) is 6.94. The molecule has 25 heavy (non-hydrogen) atoms. The predicted molar refractivity (Wildman–Crippen MR) is 105 cm³/mol. The number of likely N-dealkylation sites (tertiary alicyclic amines) is 1. The fraction of sp³-hybridized carbons (Fsp3) is 0.632. The minimum atomic E-state index is -0.145. The first-order chi connectivity index (χ1) is 11.9. The summed E-state index contributed by atoms with van der Waals surface area (Å²) in [5, 5.41) is 7.48. The molecule has 1 fully saturated rings. The summed E-state index contributed by atoms with van der Waals surface area (Å²) < 4.78 is 0. The van der Waals surface area contributed by atoms with Crippen molar-refractivity contribution in [3.05, 3.63) is 33.8 Å². The Balaban J connectivity index is 1.86. The molecule has 0 bridgehead atoms. The number of hydrogen-bond acceptors (Lipinski definition) is 3. The highest BCUT2D eigenvalue weighted by Gasteiger charge is 2.27. The van der Waals surface area contributed by atoms with Crippen molar-refractivity contribution in [3.63, 3.8) is 0 Å². The molecule has 1 amide bonds. The number of carbonyl (C=O) groups is 1. The fourth-order valence-corrected chi connectivity index (χ4v) is 3.98. The molecule has 6 heteroatoms. The van der Waals surface area contributed by atoms with E-state index >= 15 is 0 Å². The lowest BCUT2D eigenvalue weighted by Gasteiger charge is -2.35. The molecule has 1 aromatic rings. The van der Waals surface area contributed by atoms with Gasteiger partial charge in [-0.3, -0.25) is 9.69 Å². The Morgan fingerprint density at radius 2 is 1.96 bits per heavy atom. The van der Waals surface area contributed by atoms with Crippen LogP contribution in [0.2, 0.25) is 10.0 Å². The van der Waals surface area contributed by atoms with Crippen molar-refractivity contribution in [1.29, 1.82) is 0 Å². The number of amides is 1. The van der Waals surface area contributed by atoms with E-state index in [-0.39, 0.29) is 18.0 Å². The van der Waals surface area contributed by atoms with Gasteiger partial charge in [0.1, 0.15) is 0 Å². The molecule has 0 radical (unpaired) electrons. The SMILES string of the molecule is CNCCC1CCN(C(C)C(=O)NC(C)c2ccc(Cl)cc2Cl)CC1. The fourth-order valence-electron chi connectivity index (χ4n) is 3.41. The Morgan fingerprint density at radius 3 is 2.56 bits per heavy atom. The van der Waals surface area contributed by atoms with Crippen molar-refractivity contribution in [2.24, 2.45) is 5.92 Å². The molecule has 1 aromatic carbocycles. The van der Waals surface area contributed by atoms with Crippen LogP contribution in [0.15, 0.2) is 18.2 Å². The number of rotatable bonds is 7. The average molecular weight is 386 g/mol. The van der Waals surface area contributed by atoms with E-state index in [1.54, 1.807) is 12.1 Å². The molecule has 1 saturated heterocycles. The van der Waals surface area contributed by atoms with Crippen LogP contribution >= 0.6 is 23.2 Å². The summed E-state index contributed by atoms with van der Waals surface area (Å²) in [7, 11) is 2.00. The van der Waals surface area contributed by atoms with Gasteiger partial charge in [-0.05, 0) is 83.4 Å². The van der Waals surface area contributed by atoms with Gasteiger partial charge in [0.15, 0.2) is 0 Å². The van der Waals surface area contributed by atoms with E-state index in [0.717, 1.165) is 44.0 Å². The Hall–Kier alpha value is -0.810. The third-order valence-corrected chi connectivity index (χ3v) is 5.73. The van der Waals surface area contributed by atoms with Crippen molar-refractivity contribution in [2.75, 3.05) is 26.7 Å². The second kappa shape index (κ2) is 9.77. The van der Waals surface area contributed by atoms with Crippen molar-refractivity contribution in [3.8, 4) is 0 Å². The lowest BCUT2D eigenvalue weighted by molar-refractivity contribution is -0.127. The third kappa shape index (κ3) is 5.85. The van der Waals surface area contributed by atoms with Crippen LogP contribution in [0.3, 0.4) is 0 Å². The molecule has 4 nitrogen and oxygen atoms in total. The normalized spacial score (nSPS) is 18.8. The number of hydrogen-bond donors (Lipinski definition) is 2. The standard InChI is InChI=1S/C19H29Cl2N3O/c1-13(17-5-4-16(20)12-18(17)21)23-19(25)14(2)24-10-7-15(8-11-24)6-9-22-3/h4-5,12-15,22H,6-11H2,1-3H3,(H,23,25). The summed E-state index contributed by atoms with van der Waals surface area (Å²) >= 11 is 12.2. The van der Waals surface area contributed by atoms with Crippen LogP contribution in [0.4, 0.5) is 0 Å². The number of piperidine rings is 1. The van der Waals surface area contributed by atoms with Gasteiger partial charge in [0.25, 0.3) is 0 Å². The van der Waals surface area contributed by atoms with Crippen molar-refractivity contribution < 1.29 is 4.79 Å². The minimum absolute atomic E-state index is 0.0483. The molecule has 140 valence electrons.